The van der Waals surface area contributed by atoms with Crippen molar-refractivity contribution in [2.75, 3.05) is 7.11 Å². The van der Waals surface area contributed by atoms with Crippen LogP contribution < -0.4 is 14.9 Å². The van der Waals surface area contributed by atoms with E-state index in [1.807, 2.05) is 25.1 Å². The van der Waals surface area contributed by atoms with Crippen molar-refractivity contribution in [1.29, 1.82) is 5.26 Å². The maximum Gasteiger partial charge on any atom is 0.285 e. The number of thioether (sulfide) groups is 1. The number of benzene rings is 3. The fraction of sp³-hybridized carbons (Fsp3) is 0.111. The molecule has 0 aliphatic carbocycles. The highest BCUT2D eigenvalue weighted by molar-refractivity contribution is 14.1. The second-order valence-corrected chi connectivity index (χ2v) is 11.3. The van der Waals surface area contributed by atoms with Gasteiger partial charge >= 0.3 is 0 Å². The standard InChI is InChI=1S/C27H19ClIN3O4S2/c1-15-7-8-19(20(28)9-15)25(33)31-32-26(34)23(38-27(32)37)12-16-10-21(29)24(22(11-16)35-2)36-14-18-6-4-3-5-17(18)13-30/h3-12H,14H2,1-2H3,(H,31,33)/b23-12+. The average molecular weight is 676 g/mol. The molecule has 4 rings (SSSR count). The molecule has 0 saturated carbocycles. The van der Waals surface area contributed by atoms with Crippen molar-refractivity contribution in [3.63, 3.8) is 0 Å². The Morgan fingerprint density at radius 2 is 2.03 bits per heavy atom. The number of carbonyl (C=O) groups is 2. The molecule has 2 amide bonds. The summed E-state index contributed by atoms with van der Waals surface area (Å²) in [5.74, 6) is -0.00889. The molecule has 1 aliphatic heterocycles. The Morgan fingerprint density at radius 1 is 1.26 bits per heavy atom. The Kier molecular flexibility index (Phi) is 8.94. The van der Waals surface area contributed by atoms with E-state index < -0.39 is 11.8 Å². The predicted octanol–water partition coefficient (Wildman–Crippen LogP) is 6.26. The number of thiocarbonyl (C=S) groups is 1. The number of nitrogens with zero attached hydrogens (tertiary/aromatic N) is 2. The number of halogens is 2. The first-order valence-corrected chi connectivity index (χ1v) is 13.7. The van der Waals surface area contributed by atoms with E-state index in [1.54, 1.807) is 42.5 Å². The number of hydrogen-bond donors (Lipinski definition) is 1. The largest absolute Gasteiger partial charge is 0.493 e. The number of hydrogen-bond acceptors (Lipinski definition) is 7. The fourth-order valence-electron chi connectivity index (χ4n) is 3.55. The van der Waals surface area contributed by atoms with Gasteiger partial charge in [0.25, 0.3) is 11.8 Å². The number of amides is 2. The predicted molar refractivity (Wildman–Crippen MR) is 160 cm³/mol. The summed E-state index contributed by atoms with van der Waals surface area (Å²) in [5.41, 5.74) is 5.68. The van der Waals surface area contributed by atoms with Crippen molar-refractivity contribution in [3.8, 4) is 17.6 Å². The van der Waals surface area contributed by atoms with Gasteiger partial charge in [0.2, 0.25) is 0 Å². The highest BCUT2D eigenvalue weighted by atomic mass is 127. The van der Waals surface area contributed by atoms with Crippen molar-refractivity contribution in [1.82, 2.24) is 10.4 Å². The van der Waals surface area contributed by atoms with Crippen LogP contribution in [0.2, 0.25) is 5.02 Å². The van der Waals surface area contributed by atoms with Crippen LogP contribution in [0.5, 0.6) is 11.5 Å². The first kappa shape index (κ1) is 27.9. The smallest absolute Gasteiger partial charge is 0.285 e. The molecular formula is C27H19ClIN3O4S2. The van der Waals surface area contributed by atoms with E-state index in [9.17, 15) is 14.9 Å². The molecule has 0 spiro atoms. The summed E-state index contributed by atoms with van der Waals surface area (Å²) < 4.78 is 12.5. The lowest BCUT2D eigenvalue weighted by molar-refractivity contribution is -0.123. The number of aryl methyl sites for hydroxylation is 1. The van der Waals surface area contributed by atoms with E-state index in [2.05, 4.69) is 34.1 Å². The zero-order chi connectivity index (χ0) is 27.4. The van der Waals surface area contributed by atoms with Gasteiger partial charge in [-0.3, -0.25) is 15.0 Å². The zero-order valence-corrected chi connectivity index (χ0v) is 24.6. The lowest BCUT2D eigenvalue weighted by Gasteiger charge is -2.16. The van der Waals surface area contributed by atoms with Gasteiger partial charge in [0.15, 0.2) is 15.8 Å². The molecule has 38 heavy (non-hydrogen) atoms. The van der Waals surface area contributed by atoms with Crippen LogP contribution in [0.3, 0.4) is 0 Å². The maximum atomic E-state index is 13.1. The van der Waals surface area contributed by atoms with E-state index in [4.69, 9.17) is 33.3 Å². The van der Waals surface area contributed by atoms with Crippen LogP contribution in [0.4, 0.5) is 0 Å². The van der Waals surface area contributed by atoms with E-state index in [0.29, 0.717) is 27.5 Å². The SMILES string of the molecule is COc1cc(/C=C2/SC(=S)N(NC(=O)c3ccc(C)cc3Cl)C2=O)cc(I)c1OCc1ccccc1C#N. The average Bonchev–Trinajstić information content (AvgIpc) is 3.15. The summed E-state index contributed by atoms with van der Waals surface area (Å²) in [6, 6.07) is 18.0. The Labute approximate surface area is 247 Å². The highest BCUT2D eigenvalue weighted by Gasteiger charge is 2.34. The van der Waals surface area contributed by atoms with Crippen LogP contribution >= 0.6 is 58.2 Å². The quantitative estimate of drug-likeness (QED) is 0.180. The van der Waals surface area contributed by atoms with E-state index in [1.165, 1.54) is 7.11 Å². The molecule has 1 aliphatic rings. The van der Waals surface area contributed by atoms with Crippen molar-refractivity contribution in [2.24, 2.45) is 0 Å². The molecule has 11 heteroatoms. The number of methoxy groups -OCH3 is 1. The lowest BCUT2D eigenvalue weighted by atomic mass is 10.1. The van der Waals surface area contributed by atoms with Gasteiger partial charge in [-0.1, -0.05) is 47.6 Å². The van der Waals surface area contributed by atoms with Crippen LogP contribution in [-0.4, -0.2) is 28.3 Å². The molecule has 1 saturated heterocycles. The monoisotopic (exact) mass is 675 g/mol. The number of nitrogens with one attached hydrogen (secondary N) is 1. The Balaban J connectivity index is 1.53. The molecule has 0 atom stereocenters. The molecule has 0 unspecified atom stereocenters. The molecule has 1 fully saturated rings. The number of rotatable bonds is 7. The van der Waals surface area contributed by atoms with Gasteiger partial charge in [0.05, 0.1) is 37.8 Å². The Bertz CT molecular complexity index is 1540. The normalized spacial score (nSPS) is 14.0. The number of carbonyl (C=O) groups excluding carboxylic acids is 2. The summed E-state index contributed by atoms with van der Waals surface area (Å²) in [6.07, 6.45) is 1.67. The zero-order valence-electron chi connectivity index (χ0n) is 20.1. The van der Waals surface area contributed by atoms with Gasteiger partial charge in [-0.15, -0.1) is 0 Å². The van der Waals surface area contributed by atoms with Crippen molar-refractivity contribution in [3.05, 3.63) is 95.9 Å². The number of nitriles is 1. The number of hydrazine groups is 1. The molecule has 1 heterocycles. The van der Waals surface area contributed by atoms with Gasteiger partial charge in [-0.25, -0.2) is 0 Å². The summed E-state index contributed by atoms with van der Waals surface area (Å²) in [6.45, 7) is 2.06. The minimum atomic E-state index is -0.539. The molecular weight excluding hydrogens is 657 g/mol. The van der Waals surface area contributed by atoms with Crippen molar-refractivity contribution in [2.45, 2.75) is 13.5 Å². The minimum absolute atomic E-state index is 0.190. The minimum Gasteiger partial charge on any atom is -0.493 e. The molecule has 0 radical (unpaired) electrons. The molecule has 3 aromatic carbocycles. The fourth-order valence-corrected chi connectivity index (χ4v) is 5.83. The second kappa shape index (κ2) is 12.2. The van der Waals surface area contributed by atoms with Crippen LogP contribution in [0.15, 0.2) is 59.5 Å². The summed E-state index contributed by atoms with van der Waals surface area (Å²) >= 11 is 14.7. The molecule has 7 nitrogen and oxygen atoms in total. The van der Waals surface area contributed by atoms with Crippen LogP contribution in [-0.2, 0) is 11.4 Å². The Hall–Kier alpha value is -3.11. The lowest BCUT2D eigenvalue weighted by Crippen LogP contribution is -2.44. The van der Waals surface area contributed by atoms with Gasteiger partial charge in [0.1, 0.15) is 6.61 Å². The maximum absolute atomic E-state index is 13.1. The van der Waals surface area contributed by atoms with E-state index in [0.717, 1.165) is 31.5 Å². The second-order valence-electron chi connectivity index (χ2n) is 8.03. The Morgan fingerprint density at radius 3 is 2.74 bits per heavy atom. The molecule has 0 aromatic heterocycles. The van der Waals surface area contributed by atoms with Crippen molar-refractivity contribution < 1.29 is 19.1 Å². The van der Waals surface area contributed by atoms with Gasteiger partial charge in [0, 0.05) is 5.56 Å². The van der Waals surface area contributed by atoms with Crippen LogP contribution in [0.25, 0.3) is 6.08 Å². The third-order valence-corrected chi connectivity index (χ3v) is 7.85. The third kappa shape index (κ3) is 6.13. The van der Waals surface area contributed by atoms with Crippen LogP contribution in [0, 0.1) is 21.8 Å². The molecule has 0 bridgehead atoms. The molecule has 3 aromatic rings. The van der Waals surface area contributed by atoms with Gasteiger partial charge in [-0.05, 0) is 89.3 Å². The first-order chi connectivity index (χ1) is 18.2. The topological polar surface area (TPSA) is 91.7 Å². The highest BCUT2D eigenvalue weighted by Crippen LogP contribution is 2.37. The summed E-state index contributed by atoms with van der Waals surface area (Å²) in [7, 11) is 1.52. The van der Waals surface area contributed by atoms with Crippen LogP contribution in [0.1, 0.15) is 32.6 Å². The summed E-state index contributed by atoms with van der Waals surface area (Å²) in [5, 5.41) is 10.6. The number of ether oxygens (including phenoxy) is 2. The van der Waals surface area contributed by atoms with Crippen molar-refractivity contribution >= 4 is 80.4 Å². The van der Waals surface area contributed by atoms with Gasteiger partial charge in [-0.2, -0.15) is 10.3 Å². The summed E-state index contributed by atoms with van der Waals surface area (Å²) in [4.78, 5) is 26.1. The van der Waals surface area contributed by atoms with Gasteiger partial charge < -0.3 is 9.47 Å². The van der Waals surface area contributed by atoms with E-state index in [-0.39, 0.29) is 21.5 Å². The van der Waals surface area contributed by atoms with E-state index >= 15 is 0 Å². The third-order valence-electron chi connectivity index (χ3n) is 5.44. The molecule has 1 N–H and O–H groups in total. The first-order valence-electron chi connectivity index (χ1n) is 11.0. The molecule has 192 valence electrons.